The molecule has 1 heterocycles. The van der Waals surface area contributed by atoms with Crippen molar-refractivity contribution in [3.05, 3.63) is 45.9 Å². The number of anilines is 1. The number of amides is 1. The monoisotopic (exact) mass is 283 g/mol. The summed E-state index contributed by atoms with van der Waals surface area (Å²) >= 11 is 1.48. The fourth-order valence-corrected chi connectivity index (χ4v) is 2.10. The normalized spacial score (nSPS) is 10.4. The molecule has 0 fully saturated rings. The molecule has 0 saturated carbocycles. The van der Waals surface area contributed by atoms with Crippen molar-refractivity contribution in [2.75, 3.05) is 12.3 Å². The number of thiazole rings is 1. The molecule has 100 valence electrons. The number of carbonyl (C=O) groups excluding carboxylic acids is 1. The number of nitrogens with two attached hydrogens (primary N) is 1. The van der Waals surface area contributed by atoms with Crippen LogP contribution in [0.4, 0.5) is 14.5 Å². The number of nitrogen functional groups attached to an aromatic ring is 1. The lowest BCUT2D eigenvalue weighted by molar-refractivity contribution is 0.0953. The Balaban J connectivity index is 1.96. The average molecular weight is 283 g/mol. The maximum Gasteiger partial charge on any atom is 0.251 e. The topological polar surface area (TPSA) is 68.0 Å². The van der Waals surface area contributed by atoms with E-state index in [0.29, 0.717) is 13.0 Å². The molecular weight excluding hydrogens is 272 g/mol. The quantitative estimate of drug-likeness (QED) is 0.843. The molecule has 19 heavy (non-hydrogen) atoms. The molecule has 7 heteroatoms. The van der Waals surface area contributed by atoms with Crippen LogP contribution in [0.2, 0.25) is 0 Å². The van der Waals surface area contributed by atoms with E-state index < -0.39 is 23.2 Å². The van der Waals surface area contributed by atoms with Crippen molar-refractivity contribution in [1.82, 2.24) is 10.3 Å². The zero-order valence-electron chi connectivity index (χ0n) is 9.82. The van der Waals surface area contributed by atoms with Crippen molar-refractivity contribution in [3.63, 3.8) is 0 Å². The predicted molar refractivity (Wildman–Crippen MR) is 68.9 cm³/mol. The summed E-state index contributed by atoms with van der Waals surface area (Å²) in [7, 11) is 0. The van der Waals surface area contributed by atoms with Crippen molar-refractivity contribution in [2.45, 2.75) is 6.42 Å². The lowest BCUT2D eigenvalue weighted by atomic mass is 10.1. The number of nitrogens with zero attached hydrogens (tertiary/aromatic N) is 1. The third-order valence-electron chi connectivity index (χ3n) is 2.45. The molecule has 3 N–H and O–H groups in total. The minimum atomic E-state index is -0.940. The minimum absolute atomic E-state index is 0.0941. The van der Waals surface area contributed by atoms with E-state index in [9.17, 15) is 13.6 Å². The van der Waals surface area contributed by atoms with Crippen molar-refractivity contribution < 1.29 is 13.6 Å². The van der Waals surface area contributed by atoms with Crippen molar-refractivity contribution in [3.8, 4) is 0 Å². The van der Waals surface area contributed by atoms with Gasteiger partial charge in [-0.2, -0.15) is 0 Å². The van der Waals surface area contributed by atoms with Crippen LogP contribution in [0.5, 0.6) is 0 Å². The largest absolute Gasteiger partial charge is 0.394 e. The van der Waals surface area contributed by atoms with Gasteiger partial charge in [0.25, 0.3) is 5.91 Å². The first kappa shape index (κ1) is 13.4. The summed E-state index contributed by atoms with van der Waals surface area (Å²) < 4.78 is 26.4. The second-order valence-corrected chi connectivity index (χ2v) is 4.76. The summed E-state index contributed by atoms with van der Waals surface area (Å²) in [5.41, 5.74) is 4.45. The summed E-state index contributed by atoms with van der Waals surface area (Å²) in [4.78, 5) is 15.7. The van der Waals surface area contributed by atoms with Gasteiger partial charge in [0.15, 0.2) is 0 Å². The number of hydrogen-bond donors (Lipinski definition) is 2. The molecule has 0 saturated heterocycles. The maximum absolute atomic E-state index is 13.2. The van der Waals surface area contributed by atoms with Gasteiger partial charge in [0.1, 0.15) is 17.3 Å². The van der Waals surface area contributed by atoms with Gasteiger partial charge in [-0.25, -0.2) is 13.8 Å². The van der Waals surface area contributed by atoms with Crippen LogP contribution in [0.25, 0.3) is 0 Å². The second kappa shape index (κ2) is 5.75. The number of nitrogens with one attached hydrogen (secondary N) is 1. The second-order valence-electron chi connectivity index (χ2n) is 3.79. The highest BCUT2D eigenvalue weighted by Crippen LogP contribution is 2.17. The molecule has 0 unspecified atom stereocenters. The van der Waals surface area contributed by atoms with Gasteiger partial charge in [0.2, 0.25) is 0 Å². The molecule has 1 aromatic heterocycles. The summed E-state index contributed by atoms with van der Waals surface area (Å²) in [6.07, 6.45) is 2.25. The number of halogens is 2. The molecule has 1 amide bonds. The van der Waals surface area contributed by atoms with Gasteiger partial charge in [0, 0.05) is 30.1 Å². The Hall–Kier alpha value is -2.02. The molecule has 1 aromatic carbocycles. The summed E-state index contributed by atoms with van der Waals surface area (Å²) in [5, 5.41) is 5.28. The van der Waals surface area contributed by atoms with E-state index in [1.807, 2.05) is 5.38 Å². The minimum Gasteiger partial charge on any atom is -0.394 e. The fourth-order valence-electron chi connectivity index (χ4n) is 1.48. The summed E-state index contributed by atoms with van der Waals surface area (Å²) in [5.74, 6) is -2.43. The van der Waals surface area contributed by atoms with Crippen LogP contribution in [0.3, 0.4) is 0 Å². The van der Waals surface area contributed by atoms with Crippen molar-refractivity contribution in [2.24, 2.45) is 0 Å². The van der Waals surface area contributed by atoms with E-state index in [4.69, 9.17) is 5.73 Å². The Morgan fingerprint density at radius 3 is 2.63 bits per heavy atom. The highest BCUT2D eigenvalue weighted by atomic mass is 32.1. The van der Waals surface area contributed by atoms with Gasteiger partial charge >= 0.3 is 0 Å². The van der Waals surface area contributed by atoms with Gasteiger partial charge in [-0.3, -0.25) is 4.79 Å². The van der Waals surface area contributed by atoms with Crippen molar-refractivity contribution >= 4 is 22.9 Å². The Morgan fingerprint density at radius 2 is 2.05 bits per heavy atom. The summed E-state index contributed by atoms with van der Waals surface area (Å²) in [6, 6.07) is 1.83. The molecule has 0 atom stereocenters. The van der Waals surface area contributed by atoms with Gasteiger partial charge in [-0.1, -0.05) is 0 Å². The van der Waals surface area contributed by atoms with Gasteiger partial charge in [-0.05, 0) is 12.1 Å². The van der Waals surface area contributed by atoms with Crippen LogP contribution in [0.1, 0.15) is 15.4 Å². The van der Waals surface area contributed by atoms with Gasteiger partial charge in [0.05, 0.1) is 5.01 Å². The molecular formula is C12H11F2N3OS. The average Bonchev–Trinajstić information content (AvgIpc) is 2.88. The van der Waals surface area contributed by atoms with Crippen LogP contribution >= 0.6 is 11.3 Å². The molecule has 2 rings (SSSR count). The van der Waals surface area contributed by atoms with Gasteiger partial charge < -0.3 is 11.1 Å². The highest BCUT2D eigenvalue weighted by molar-refractivity contribution is 7.09. The first-order valence-electron chi connectivity index (χ1n) is 5.49. The van der Waals surface area contributed by atoms with Crippen LogP contribution in [0, 0.1) is 11.6 Å². The Morgan fingerprint density at radius 1 is 1.37 bits per heavy atom. The van der Waals surface area contributed by atoms with Crippen LogP contribution in [-0.4, -0.2) is 17.4 Å². The predicted octanol–water partition coefficient (Wildman–Crippen LogP) is 1.98. The molecule has 2 aromatic rings. The third-order valence-corrected chi connectivity index (χ3v) is 3.29. The molecule has 0 aliphatic carbocycles. The van der Waals surface area contributed by atoms with E-state index >= 15 is 0 Å². The number of rotatable bonds is 4. The van der Waals surface area contributed by atoms with Gasteiger partial charge in [-0.15, -0.1) is 11.3 Å². The lowest BCUT2D eigenvalue weighted by Crippen LogP contribution is -2.26. The summed E-state index contributed by atoms with van der Waals surface area (Å²) in [6.45, 7) is 0.347. The highest BCUT2D eigenvalue weighted by Gasteiger charge is 2.12. The molecule has 0 radical (unpaired) electrons. The van der Waals surface area contributed by atoms with Crippen molar-refractivity contribution in [1.29, 1.82) is 0 Å². The zero-order valence-corrected chi connectivity index (χ0v) is 10.6. The molecule has 0 aliphatic rings. The standard InChI is InChI=1S/C12H11F2N3OS/c13-8-5-7(6-9(14)11(8)15)12(18)17-2-1-10-16-3-4-19-10/h3-6H,1-2,15H2,(H,17,18). The Labute approximate surface area is 112 Å². The Bertz CT molecular complexity index is 564. The number of hydrogen-bond acceptors (Lipinski definition) is 4. The SMILES string of the molecule is Nc1c(F)cc(C(=O)NCCc2nccs2)cc1F. The van der Waals surface area contributed by atoms with E-state index in [1.165, 1.54) is 11.3 Å². The number of aromatic nitrogens is 1. The molecule has 0 spiro atoms. The fraction of sp³-hybridized carbons (Fsp3) is 0.167. The Kier molecular flexibility index (Phi) is 4.06. The van der Waals surface area contributed by atoms with E-state index in [1.54, 1.807) is 6.20 Å². The molecule has 4 nitrogen and oxygen atoms in total. The van der Waals surface area contributed by atoms with E-state index in [2.05, 4.69) is 10.3 Å². The number of carbonyl (C=O) groups is 1. The maximum atomic E-state index is 13.2. The molecule has 0 aliphatic heterocycles. The first-order valence-corrected chi connectivity index (χ1v) is 6.37. The zero-order chi connectivity index (χ0) is 13.8. The molecule has 0 bridgehead atoms. The first-order chi connectivity index (χ1) is 9.08. The number of benzene rings is 1. The van der Waals surface area contributed by atoms with Crippen LogP contribution in [-0.2, 0) is 6.42 Å². The van der Waals surface area contributed by atoms with Crippen LogP contribution < -0.4 is 11.1 Å². The lowest BCUT2D eigenvalue weighted by Gasteiger charge is -2.06. The third kappa shape index (κ3) is 3.25. The van der Waals surface area contributed by atoms with Crippen LogP contribution in [0.15, 0.2) is 23.7 Å². The van der Waals surface area contributed by atoms with E-state index in [0.717, 1.165) is 17.1 Å². The van der Waals surface area contributed by atoms with E-state index in [-0.39, 0.29) is 5.56 Å². The smallest absolute Gasteiger partial charge is 0.251 e.